The Hall–Kier alpha value is -1.66. The standard InChI is InChI=1S/C15H20F8O4Si/c1-5-8(28(2,3)4)9(11(26)27)7(10(24)25)6-13(18,19)15(22,23)14(20,21)12(16)17/h8,12H,5-6H2,1-4H3,(H,24,25)(H,26,27)/b9-7+. The number of carboxylic acids is 2. The predicted molar refractivity (Wildman–Crippen MR) is 85.1 cm³/mol. The first kappa shape index (κ1) is 26.3. The summed E-state index contributed by atoms with van der Waals surface area (Å²) < 4.78 is 105. The van der Waals surface area contributed by atoms with Gasteiger partial charge in [0.05, 0.1) is 20.1 Å². The summed E-state index contributed by atoms with van der Waals surface area (Å²) in [7, 11) is -2.60. The number of alkyl halides is 8. The van der Waals surface area contributed by atoms with E-state index in [4.69, 9.17) is 5.11 Å². The molecule has 13 heteroatoms. The van der Waals surface area contributed by atoms with E-state index in [0.717, 1.165) is 0 Å². The molecule has 0 aliphatic heterocycles. The first-order chi connectivity index (χ1) is 12.3. The monoisotopic (exact) mass is 444 g/mol. The summed E-state index contributed by atoms with van der Waals surface area (Å²) in [6.07, 6.45) is -7.86. The Morgan fingerprint density at radius 2 is 1.36 bits per heavy atom. The van der Waals surface area contributed by atoms with Crippen LogP contribution in [-0.4, -0.2) is 54.4 Å². The largest absolute Gasteiger partial charge is 0.478 e. The average Bonchev–Trinajstić information content (AvgIpc) is 2.48. The molecule has 0 bridgehead atoms. The molecule has 0 saturated heterocycles. The zero-order valence-corrected chi connectivity index (χ0v) is 16.3. The maximum absolute atomic E-state index is 13.9. The van der Waals surface area contributed by atoms with Crippen LogP contribution in [0.3, 0.4) is 0 Å². The molecule has 1 unspecified atom stereocenters. The molecule has 1 atom stereocenters. The molecule has 0 aromatic heterocycles. The van der Waals surface area contributed by atoms with Crippen LogP contribution in [-0.2, 0) is 9.59 Å². The molecule has 0 aliphatic rings. The third-order valence-electron chi connectivity index (χ3n) is 4.17. The Kier molecular flexibility index (Phi) is 7.88. The number of halogens is 8. The van der Waals surface area contributed by atoms with E-state index in [9.17, 15) is 49.8 Å². The van der Waals surface area contributed by atoms with E-state index < -0.39 is 67.3 Å². The SMILES string of the molecule is CCC(/C(C(=O)O)=C(/CC(F)(F)C(F)(F)C(F)(F)C(F)F)C(=O)O)[Si](C)(C)C. The lowest BCUT2D eigenvalue weighted by atomic mass is 9.92. The summed E-state index contributed by atoms with van der Waals surface area (Å²) in [4.78, 5) is 22.9. The quantitative estimate of drug-likeness (QED) is 0.278. The third kappa shape index (κ3) is 5.03. The highest BCUT2D eigenvalue weighted by atomic mass is 28.3. The third-order valence-corrected chi connectivity index (χ3v) is 6.95. The Labute approximate surface area is 156 Å². The zero-order chi connectivity index (χ0) is 22.9. The molecule has 0 rings (SSSR count). The molecule has 0 radical (unpaired) electrons. The average molecular weight is 444 g/mol. The molecule has 0 saturated carbocycles. The molecule has 0 aromatic carbocycles. The van der Waals surface area contributed by atoms with Gasteiger partial charge >= 0.3 is 36.1 Å². The minimum Gasteiger partial charge on any atom is -0.478 e. The van der Waals surface area contributed by atoms with E-state index in [1.54, 1.807) is 19.6 Å². The van der Waals surface area contributed by atoms with E-state index >= 15 is 0 Å². The van der Waals surface area contributed by atoms with Crippen LogP contribution in [0.2, 0.25) is 25.2 Å². The van der Waals surface area contributed by atoms with Crippen LogP contribution in [0, 0.1) is 0 Å². The van der Waals surface area contributed by atoms with Crippen molar-refractivity contribution in [3.63, 3.8) is 0 Å². The van der Waals surface area contributed by atoms with E-state index in [2.05, 4.69) is 0 Å². The minimum atomic E-state index is -6.63. The van der Waals surface area contributed by atoms with E-state index in [1.165, 1.54) is 6.92 Å². The maximum Gasteiger partial charge on any atom is 0.378 e. The topological polar surface area (TPSA) is 74.6 Å². The highest BCUT2D eigenvalue weighted by Gasteiger charge is 2.75. The van der Waals surface area contributed by atoms with Crippen molar-refractivity contribution in [2.24, 2.45) is 0 Å². The second-order valence-electron chi connectivity index (χ2n) is 7.21. The van der Waals surface area contributed by atoms with E-state index in [1.807, 2.05) is 0 Å². The molecule has 4 nitrogen and oxygen atoms in total. The van der Waals surface area contributed by atoms with Crippen LogP contribution in [0.1, 0.15) is 19.8 Å². The van der Waals surface area contributed by atoms with Gasteiger partial charge in [-0.3, -0.25) is 0 Å². The lowest BCUT2D eigenvalue weighted by Gasteiger charge is -2.34. The summed E-state index contributed by atoms with van der Waals surface area (Å²) in [5, 5.41) is 18.4. The first-order valence-electron chi connectivity index (χ1n) is 7.86. The van der Waals surface area contributed by atoms with Crippen molar-refractivity contribution in [2.75, 3.05) is 0 Å². The molecule has 2 N–H and O–H groups in total. The summed E-state index contributed by atoms with van der Waals surface area (Å²) >= 11 is 0. The van der Waals surface area contributed by atoms with E-state index in [-0.39, 0.29) is 6.42 Å². The molecule has 0 amide bonds. The van der Waals surface area contributed by atoms with Gasteiger partial charge in [0.25, 0.3) is 0 Å². The number of hydrogen-bond acceptors (Lipinski definition) is 2. The fourth-order valence-corrected chi connectivity index (χ4v) is 5.13. The smallest absolute Gasteiger partial charge is 0.378 e. The predicted octanol–water partition coefficient (Wildman–Crippen LogP) is 5.13. The summed E-state index contributed by atoms with van der Waals surface area (Å²) in [6, 6.07) is 0. The zero-order valence-electron chi connectivity index (χ0n) is 15.3. The van der Waals surface area contributed by atoms with Crippen LogP contribution in [0.5, 0.6) is 0 Å². The highest BCUT2D eigenvalue weighted by molar-refractivity contribution is 6.78. The molecule has 28 heavy (non-hydrogen) atoms. The van der Waals surface area contributed by atoms with Crippen molar-refractivity contribution in [1.29, 1.82) is 0 Å². The van der Waals surface area contributed by atoms with Crippen LogP contribution < -0.4 is 0 Å². The number of hydrogen-bond donors (Lipinski definition) is 2. The lowest BCUT2D eigenvalue weighted by Crippen LogP contribution is -2.57. The normalized spacial score (nSPS) is 16.0. The second kappa shape index (κ2) is 8.37. The molecular formula is C15H20F8O4Si. The van der Waals surface area contributed by atoms with Gasteiger partial charge in [0.15, 0.2) is 0 Å². The fourth-order valence-electron chi connectivity index (χ4n) is 2.74. The van der Waals surface area contributed by atoms with Crippen molar-refractivity contribution in [1.82, 2.24) is 0 Å². The van der Waals surface area contributed by atoms with Gasteiger partial charge in [-0.25, -0.2) is 18.4 Å². The second-order valence-corrected chi connectivity index (χ2v) is 12.6. The van der Waals surface area contributed by atoms with Crippen LogP contribution >= 0.6 is 0 Å². The summed E-state index contributed by atoms with van der Waals surface area (Å²) in [5.74, 6) is -23.4. The number of carbonyl (C=O) groups is 2. The lowest BCUT2D eigenvalue weighted by molar-refractivity contribution is -0.337. The molecule has 0 aliphatic carbocycles. The number of carboxylic acid groups (broad SMARTS) is 2. The first-order valence-corrected chi connectivity index (χ1v) is 11.4. The van der Waals surface area contributed by atoms with Crippen molar-refractivity contribution < 1.29 is 54.9 Å². The van der Waals surface area contributed by atoms with Gasteiger partial charge in [0.2, 0.25) is 0 Å². The van der Waals surface area contributed by atoms with Gasteiger partial charge in [-0.1, -0.05) is 33.0 Å². The number of aliphatic carboxylic acids is 2. The minimum absolute atomic E-state index is 0.0523. The van der Waals surface area contributed by atoms with Crippen LogP contribution in [0.4, 0.5) is 35.1 Å². The summed E-state index contributed by atoms with van der Waals surface area (Å²) in [6.45, 7) is 6.08. The van der Waals surface area contributed by atoms with Gasteiger partial charge in [-0.05, 0) is 5.54 Å². The fraction of sp³-hybridized carbons (Fsp3) is 0.733. The van der Waals surface area contributed by atoms with Gasteiger partial charge in [-0.15, -0.1) is 0 Å². The Bertz CT molecular complexity index is 640. The van der Waals surface area contributed by atoms with Gasteiger partial charge in [0, 0.05) is 5.57 Å². The highest BCUT2D eigenvalue weighted by Crippen LogP contribution is 2.51. The number of rotatable bonds is 10. The Morgan fingerprint density at radius 1 is 0.929 bits per heavy atom. The molecule has 0 aromatic rings. The van der Waals surface area contributed by atoms with Crippen molar-refractivity contribution in [3.05, 3.63) is 11.1 Å². The van der Waals surface area contributed by atoms with E-state index in [0.29, 0.717) is 0 Å². The molecule has 0 fully saturated rings. The van der Waals surface area contributed by atoms with Gasteiger partial charge < -0.3 is 10.2 Å². The molecular weight excluding hydrogens is 424 g/mol. The molecule has 0 spiro atoms. The van der Waals surface area contributed by atoms with Crippen LogP contribution in [0.25, 0.3) is 0 Å². The van der Waals surface area contributed by atoms with Crippen molar-refractivity contribution in [3.8, 4) is 0 Å². The van der Waals surface area contributed by atoms with Gasteiger partial charge in [0.1, 0.15) is 0 Å². The van der Waals surface area contributed by atoms with Crippen molar-refractivity contribution in [2.45, 2.75) is 69.1 Å². The molecule has 0 heterocycles. The summed E-state index contributed by atoms with van der Waals surface area (Å²) in [5.41, 5.74) is -3.95. The Morgan fingerprint density at radius 3 is 1.61 bits per heavy atom. The van der Waals surface area contributed by atoms with Crippen LogP contribution in [0.15, 0.2) is 11.1 Å². The van der Waals surface area contributed by atoms with Gasteiger partial charge in [-0.2, -0.15) is 26.3 Å². The van der Waals surface area contributed by atoms with Crippen molar-refractivity contribution >= 4 is 20.0 Å². The maximum atomic E-state index is 13.9. The Balaban J connectivity index is 6.64. The molecule has 164 valence electrons.